The number of rotatable bonds is 3. The Balaban J connectivity index is 2.13. The molecule has 2 bridgehead atoms. The summed E-state index contributed by atoms with van der Waals surface area (Å²) < 4.78 is 33.6. The molecule has 0 saturated carbocycles. The van der Waals surface area contributed by atoms with Crippen molar-refractivity contribution in [3.05, 3.63) is 28.2 Å². The van der Waals surface area contributed by atoms with Gasteiger partial charge in [-0.05, 0) is 37.5 Å². The maximum atomic E-state index is 13.4. The van der Waals surface area contributed by atoms with Gasteiger partial charge in [0.25, 0.3) is 0 Å². The van der Waals surface area contributed by atoms with Crippen LogP contribution in [0.2, 0.25) is 10.0 Å². The van der Waals surface area contributed by atoms with Crippen LogP contribution in [-0.4, -0.2) is 62.4 Å². The Morgan fingerprint density at radius 3 is 2.40 bits per heavy atom. The summed E-state index contributed by atoms with van der Waals surface area (Å²) in [5, 5.41) is 0.468. The smallest absolute Gasteiger partial charge is 0.244 e. The lowest BCUT2D eigenvalue weighted by Crippen LogP contribution is -2.55. The van der Waals surface area contributed by atoms with Crippen molar-refractivity contribution >= 4 is 39.1 Å². The molecule has 2 aliphatic rings. The van der Waals surface area contributed by atoms with E-state index < -0.39 is 22.1 Å². The Kier molecular flexibility index (Phi) is 5.33. The standard InChI is InChI=1S/C16H20Cl2N2O4S/c1-19-9-15(24-2)13-4-3-5-14(16(19)21)20(13)25(22,23)12-7-10(17)6-11(18)8-12/h6-8,13-15H,3-5,9H2,1-2H3/t13-,14?,15+/m1/s1. The predicted octanol–water partition coefficient (Wildman–Crippen LogP) is 2.39. The highest BCUT2D eigenvalue weighted by atomic mass is 35.5. The SMILES string of the molecule is CO[C@H]1CN(C)C(=O)C2CCC[C@H]1N2S(=O)(=O)c1cc(Cl)cc(Cl)c1. The molecule has 6 nitrogen and oxygen atoms in total. The van der Waals surface area contributed by atoms with Gasteiger partial charge in [-0.3, -0.25) is 4.79 Å². The second-order valence-corrected chi connectivity index (χ2v) is 9.16. The largest absolute Gasteiger partial charge is 0.378 e. The van der Waals surface area contributed by atoms with Gasteiger partial charge >= 0.3 is 0 Å². The molecular weight excluding hydrogens is 387 g/mol. The average molecular weight is 407 g/mol. The van der Waals surface area contributed by atoms with Gasteiger partial charge in [0.1, 0.15) is 6.04 Å². The molecule has 2 saturated heterocycles. The van der Waals surface area contributed by atoms with Crippen LogP contribution in [0.1, 0.15) is 19.3 Å². The third-order valence-corrected chi connectivity index (χ3v) is 7.22. The molecule has 0 aromatic heterocycles. The van der Waals surface area contributed by atoms with Crippen LogP contribution in [0.15, 0.2) is 23.1 Å². The first-order valence-corrected chi connectivity index (χ1v) is 10.2. The van der Waals surface area contributed by atoms with Gasteiger partial charge < -0.3 is 9.64 Å². The zero-order valence-electron chi connectivity index (χ0n) is 14.0. The van der Waals surface area contributed by atoms with E-state index in [1.165, 1.54) is 22.5 Å². The maximum Gasteiger partial charge on any atom is 0.244 e. The van der Waals surface area contributed by atoms with Gasteiger partial charge in [0.2, 0.25) is 15.9 Å². The third kappa shape index (κ3) is 3.40. The number of halogens is 2. The van der Waals surface area contributed by atoms with Crippen molar-refractivity contribution in [2.75, 3.05) is 20.7 Å². The van der Waals surface area contributed by atoms with E-state index >= 15 is 0 Å². The number of benzene rings is 1. The van der Waals surface area contributed by atoms with Gasteiger partial charge in [-0.1, -0.05) is 23.2 Å². The summed E-state index contributed by atoms with van der Waals surface area (Å²) in [6.45, 7) is 0.360. The molecule has 2 aliphatic heterocycles. The first-order valence-electron chi connectivity index (χ1n) is 8.03. The number of likely N-dealkylation sites (N-methyl/N-ethyl adjacent to an activating group) is 1. The molecule has 9 heteroatoms. The normalized spacial score (nSPS) is 28.1. The molecular formula is C16H20Cl2N2O4S. The minimum absolute atomic E-state index is 0.00546. The number of hydrogen-bond acceptors (Lipinski definition) is 4. The highest BCUT2D eigenvalue weighted by Crippen LogP contribution is 2.36. The highest BCUT2D eigenvalue weighted by molar-refractivity contribution is 7.89. The molecule has 1 aromatic carbocycles. The van der Waals surface area contributed by atoms with Crippen molar-refractivity contribution in [3.8, 4) is 0 Å². The molecule has 3 atom stereocenters. The predicted molar refractivity (Wildman–Crippen MR) is 95.3 cm³/mol. The summed E-state index contributed by atoms with van der Waals surface area (Å²) >= 11 is 12.0. The highest BCUT2D eigenvalue weighted by Gasteiger charge is 2.49. The Morgan fingerprint density at radius 2 is 1.80 bits per heavy atom. The fourth-order valence-electron chi connectivity index (χ4n) is 3.70. The molecule has 0 spiro atoms. The number of nitrogens with zero attached hydrogens (tertiary/aromatic N) is 2. The van der Waals surface area contributed by atoms with E-state index in [2.05, 4.69) is 0 Å². The van der Waals surface area contributed by atoms with Crippen LogP contribution in [0, 0.1) is 0 Å². The van der Waals surface area contributed by atoms with E-state index in [9.17, 15) is 13.2 Å². The summed E-state index contributed by atoms with van der Waals surface area (Å²) in [5.41, 5.74) is 0. The molecule has 1 aromatic rings. The Bertz CT molecular complexity index is 766. The molecule has 0 radical (unpaired) electrons. The number of fused-ring (bicyclic) bond motifs is 2. The molecule has 0 N–H and O–H groups in total. The number of ether oxygens (including phenoxy) is 1. The molecule has 2 heterocycles. The van der Waals surface area contributed by atoms with Crippen LogP contribution < -0.4 is 0 Å². The number of piperidine rings is 1. The lowest BCUT2D eigenvalue weighted by Gasteiger charge is -2.40. The number of amides is 1. The van der Waals surface area contributed by atoms with Gasteiger partial charge in [-0.2, -0.15) is 4.31 Å². The van der Waals surface area contributed by atoms with Gasteiger partial charge in [-0.25, -0.2) is 8.42 Å². The lowest BCUT2D eigenvalue weighted by molar-refractivity contribution is -0.133. The van der Waals surface area contributed by atoms with Gasteiger partial charge in [0.05, 0.1) is 17.0 Å². The van der Waals surface area contributed by atoms with Gasteiger partial charge in [0, 0.05) is 30.7 Å². The Hall–Kier alpha value is -0.860. The summed E-state index contributed by atoms with van der Waals surface area (Å²) in [7, 11) is -0.735. The van der Waals surface area contributed by atoms with E-state index in [1.54, 1.807) is 19.1 Å². The minimum Gasteiger partial charge on any atom is -0.378 e. The molecule has 0 aliphatic carbocycles. The molecule has 138 valence electrons. The third-order valence-electron chi connectivity index (χ3n) is 4.87. The van der Waals surface area contributed by atoms with Crippen LogP contribution in [0.4, 0.5) is 0 Å². The van der Waals surface area contributed by atoms with Crippen molar-refractivity contribution in [3.63, 3.8) is 0 Å². The van der Waals surface area contributed by atoms with E-state index in [0.29, 0.717) is 19.4 Å². The average Bonchev–Trinajstić information content (AvgIpc) is 2.62. The second kappa shape index (κ2) is 7.04. The number of carbonyl (C=O) groups excluding carboxylic acids is 1. The van der Waals surface area contributed by atoms with Crippen LogP contribution in [0.5, 0.6) is 0 Å². The topological polar surface area (TPSA) is 66.9 Å². The fraction of sp³-hybridized carbons (Fsp3) is 0.562. The summed E-state index contributed by atoms with van der Waals surface area (Å²) in [6.07, 6.45) is 1.52. The van der Waals surface area contributed by atoms with E-state index in [1.807, 2.05) is 0 Å². The van der Waals surface area contributed by atoms with Crippen molar-refractivity contribution in [1.29, 1.82) is 0 Å². The van der Waals surface area contributed by atoms with Gasteiger partial charge in [0.15, 0.2) is 0 Å². The van der Waals surface area contributed by atoms with Crippen molar-refractivity contribution < 1.29 is 17.9 Å². The number of carbonyl (C=O) groups is 1. The minimum atomic E-state index is -3.95. The van der Waals surface area contributed by atoms with Crippen molar-refractivity contribution in [2.45, 2.75) is 42.3 Å². The number of hydrogen-bond donors (Lipinski definition) is 0. The first-order chi connectivity index (χ1) is 11.8. The maximum absolute atomic E-state index is 13.4. The first kappa shape index (κ1) is 18.9. The zero-order valence-corrected chi connectivity index (χ0v) is 16.3. The quantitative estimate of drug-likeness (QED) is 0.772. The van der Waals surface area contributed by atoms with Crippen molar-refractivity contribution in [1.82, 2.24) is 9.21 Å². The van der Waals surface area contributed by atoms with Crippen LogP contribution in [0.3, 0.4) is 0 Å². The van der Waals surface area contributed by atoms with Crippen LogP contribution in [-0.2, 0) is 19.6 Å². The van der Waals surface area contributed by atoms with Crippen LogP contribution >= 0.6 is 23.2 Å². The second-order valence-electron chi connectivity index (χ2n) is 6.45. The summed E-state index contributed by atoms with van der Waals surface area (Å²) in [6, 6.07) is 3.06. The fourth-order valence-corrected chi connectivity index (χ4v) is 6.28. The van der Waals surface area contributed by atoms with E-state index in [4.69, 9.17) is 27.9 Å². The van der Waals surface area contributed by atoms with Crippen molar-refractivity contribution in [2.24, 2.45) is 0 Å². The molecule has 25 heavy (non-hydrogen) atoms. The number of methoxy groups -OCH3 is 1. The van der Waals surface area contributed by atoms with Gasteiger partial charge in [-0.15, -0.1) is 0 Å². The van der Waals surface area contributed by atoms with E-state index in [-0.39, 0.29) is 27.0 Å². The van der Waals surface area contributed by atoms with Crippen LogP contribution in [0.25, 0.3) is 0 Å². The molecule has 2 fully saturated rings. The summed E-state index contributed by atoms with van der Waals surface area (Å²) in [4.78, 5) is 14.3. The lowest BCUT2D eigenvalue weighted by atomic mass is 9.96. The monoisotopic (exact) mass is 406 g/mol. The van der Waals surface area contributed by atoms with E-state index in [0.717, 1.165) is 6.42 Å². The Labute approximate surface area is 157 Å². The number of sulfonamides is 1. The summed E-state index contributed by atoms with van der Waals surface area (Å²) in [5.74, 6) is -0.207. The Morgan fingerprint density at radius 1 is 1.16 bits per heavy atom. The molecule has 1 amide bonds. The zero-order chi connectivity index (χ0) is 18.4. The molecule has 1 unspecified atom stereocenters. The molecule has 3 rings (SSSR count).